The number of nitrogens with one attached hydrogen (secondary N) is 2. The lowest BCUT2D eigenvalue weighted by Crippen LogP contribution is -3.11. The first-order chi connectivity index (χ1) is 12.0. The number of anilines is 1. The Labute approximate surface area is 153 Å². The molecule has 1 aromatic rings. The van der Waals surface area contributed by atoms with Crippen molar-refractivity contribution >= 4 is 41.0 Å². The Morgan fingerprint density at radius 2 is 1.88 bits per heavy atom. The molecule has 6 nitrogen and oxygen atoms in total. The van der Waals surface area contributed by atoms with Gasteiger partial charge in [0.2, 0.25) is 5.91 Å². The van der Waals surface area contributed by atoms with E-state index in [2.05, 4.69) is 24.2 Å². The number of aryl methyl sites for hydroxylation is 1. The number of rotatable bonds is 7. The van der Waals surface area contributed by atoms with Crippen LogP contribution in [0.15, 0.2) is 29.3 Å². The molecule has 0 aliphatic carbocycles. The molecule has 1 atom stereocenters. The van der Waals surface area contributed by atoms with Crippen molar-refractivity contribution in [1.29, 1.82) is 0 Å². The Kier molecular flexibility index (Phi) is 6.78. The Morgan fingerprint density at radius 3 is 2.48 bits per heavy atom. The molecule has 2 rings (SSSR count). The van der Waals surface area contributed by atoms with Crippen LogP contribution in [0.4, 0.5) is 5.69 Å². The molecule has 1 aliphatic heterocycles. The van der Waals surface area contributed by atoms with E-state index in [4.69, 9.17) is 12.2 Å². The van der Waals surface area contributed by atoms with Crippen LogP contribution in [0.3, 0.4) is 0 Å². The van der Waals surface area contributed by atoms with Crippen LogP contribution in [0.2, 0.25) is 0 Å². The van der Waals surface area contributed by atoms with Gasteiger partial charge in [0.1, 0.15) is 0 Å². The van der Waals surface area contributed by atoms with E-state index in [1.807, 2.05) is 31.2 Å². The summed E-state index contributed by atoms with van der Waals surface area (Å²) in [4.78, 5) is 32.0. The molecule has 7 heteroatoms. The van der Waals surface area contributed by atoms with Gasteiger partial charge >= 0.3 is 0 Å². The van der Waals surface area contributed by atoms with Crippen molar-refractivity contribution < 1.29 is 14.5 Å². The third-order valence-corrected chi connectivity index (χ3v) is 4.63. The number of benzene rings is 1. The molecule has 0 saturated carbocycles. The molecule has 25 heavy (non-hydrogen) atoms. The fourth-order valence-corrected chi connectivity index (χ4v) is 2.96. The van der Waals surface area contributed by atoms with E-state index >= 15 is 0 Å². The zero-order valence-electron chi connectivity index (χ0n) is 14.9. The summed E-state index contributed by atoms with van der Waals surface area (Å²) in [6.45, 7) is 9.75. The minimum atomic E-state index is -0.945. The van der Waals surface area contributed by atoms with E-state index in [-0.39, 0.29) is 11.0 Å². The molecule has 1 aromatic carbocycles. The molecule has 0 bridgehead atoms. The van der Waals surface area contributed by atoms with E-state index in [1.54, 1.807) is 0 Å². The van der Waals surface area contributed by atoms with Gasteiger partial charge in [0.25, 0.3) is 5.91 Å². The minimum absolute atomic E-state index is 0.107. The first-order valence-corrected chi connectivity index (χ1v) is 8.97. The SMILES string of the molecule is CC[NH+](CC)CCN=CC1C(=O)NC(=S)N(c2ccc(C)cc2)C1=O. The molecule has 0 spiro atoms. The van der Waals surface area contributed by atoms with Gasteiger partial charge in [-0.15, -0.1) is 0 Å². The lowest BCUT2D eigenvalue weighted by atomic mass is 10.1. The van der Waals surface area contributed by atoms with E-state index in [9.17, 15) is 9.59 Å². The number of hydrogen-bond donors (Lipinski definition) is 2. The first-order valence-electron chi connectivity index (χ1n) is 8.56. The van der Waals surface area contributed by atoms with Gasteiger partial charge in [-0.05, 0) is 45.1 Å². The zero-order valence-corrected chi connectivity index (χ0v) is 15.7. The Hall–Kier alpha value is -2.12. The number of carbonyl (C=O) groups is 2. The smallest absolute Gasteiger partial charge is 0.251 e. The summed E-state index contributed by atoms with van der Waals surface area (Å²) in [7, 11) is 0. The quantitative estimate of drug-likeness (QED) is 0.419. The zero-order chi connectivity index (χ0) is 18.4. The highest BCUT2D eigenvalue weighted by Gasteiger charge is 2.38. The first kappa shape index (κ1) is 19.2. The highest BCUT2D eigenvalue weighted by Crippen LogP contribution is 2.20. The van der Waals surface area contributed by atoms with Crippen molar-refractivity contribution in [3.05, 3.63) is 29.8 Å². The Balaban J connectivity index is 2.10. The summed E-state index contributed by atoms with van der Waals surface area (Å²) < 4.78 is 0. The van der Waals surface area contributed by atoms with Gasteiger partial charge in [-0.1, -0.05) is 17.7 Å². The van der Waals surface area contributed by atoms with E-state index in [0.717, 1.165) is 25.2 Å². The van der Waals surface area contributed by atoms with E-state index in [0.29, 0.717) is 12.2 Å². The summed E-state index contributed by atoms with van der Waals surface area (Å²) in [5.74, 6) is -1.73. The fourth-order valence-electron chi connectivity index (χ4n) is 2.67. The molecule has 1 heterocycles. The van der Waals surface area contributed by atoms with Crippen LogP contribution < -0.4 is 15.1 Å². The lowest BCUT2D eigenvalue weighted by molar-refractivity contribution is -0.894. The molecule has 134 valence electrons. The normalized spacial score (nSPS) is 18.3. The maximum absolute atomic E-state index is 12.8. The highest BCUT2D eigenvalue weighted by molar-refractivity contribution is 7.80. The van der Waals surface area contributed by atoms with Crippen LogP contribution in [0.25, 0.3) is 0 Å². The molecule has 0 aromatic heterocycles. The molecule has 1 unspecified atom stereocenters. The number of quaternary nitrogens is 1. The van der Waals surface area contributed by atoms with Crippen LogP contribution >= 0.6 is 12.2 Å². The van der Waals surface area contributed by atoms with Crippen molar-refractivity contribution in [3.8, 4) is 0 Å². The van der Waals surface area contributed by atoms with Crippen molar-refractivity contribution in [2.75, 3.05) is 31.1 Å². The molecule has 1 saturated heterocycles. The highest BCUT2D eigenvalue weighted by atomic mass is 32.1. The van der Waals surface area contributed by atoms with Crippen LogP contribution in [0, 0.1) is 12.8 Å². The number of carbonyl (C=O) groups excluding carboxylic acids is 2. The predicted molar refractivity (Wildman–Crippen MR) is 103 cm³/mol. The summed E-state index contributed by atoms with van der Waals surface area (Å²) in [5.41, 5.74) is 1.73. The third kappa shape index (κ3) is 4.70. The van der Waals surface area contributed by atoms with Crippen molar-refractivity contribution in [1.82, 2.24) is 5.32 Å². The Bertz CT molecular complexity index is 668. The van der Waals surface area contributed by atoms with Crippen LogP contribution in [-0.4, -0.2) is 49.3 Å². The standard InChI is InChI=1S/C18H24N4O2S/c1-4-21(5-2)11-10-19-12-15-16(23)20-18(25)22(17(15)24)14-8-6-13(3)7-9-14/h6-9,12,15H,4-5,10-11H2,1-3H3,(H,20,23,25)/p+1. The Morgan fingerprint density at radius 1 is 1.24 bits per heavy atom. The number of nitrogens with zero attached hydrogens (tertiary/aromatic N) is 2. The van der Waals surface area contributed by atoms with Crippen LogP contribution in [-0.2, 0) is 9.59 Å². The molecule has 0 radical (unpaired) electrons. The van der Waals surface area contributed by atoms with Gasteiger partial charge in [0.05, 0.1) is 31.9 Å². The van der Waals surface area contributed by atoms with E-state index < -0.39 is 11.8 Å². The second-order valence-electron chi connectivity index (χ2n) is 6.04. The summed E-state index contributed by atoms with van der Waals surface area (Å²) in [6, 6.07) is 7.43. The van der Waals surface area contributed by atoms with Gasteiger partial charge < -0.3 is 10.2 Å². The van der Waals surface area contributed by atoms with Crippen LogP contribution in [0.1, 0.15) is 19.4 Å². The average molecular weight is 361 g/mol. The fraction of sp³-hybridized carbons (Fsp3) is 0.444. The molecule has 1 fully saturated rings. The molecular weight excluding hydrogens is 336 g/mol. The van der Waals surface area contributed by atoms with Gasteiger partial charge in [0.15, 0.2) is 11.0 Å². The maximum Gasteiger partial charge on any atom is 0.251 e. The second-order valence-corrected chi connectivity index (χ2v) is 6.43. The average Bonchev–Trinajstić information content (AvgIpc) is 2.59. The second kappa shape index (κ2) is 8.82. The third-order valence-electron chi connectivity index (χ3n) is 4.34. The number of thiocarbonyl (C=S) groups is 1. The summed E-state index contributed by atoms with van der Waals surface area (Å²) in [5, 5.41) is 2.70. The van der Waals surface area contributed by atoms with Crippen molar-refractivity contribution in [2.45, 2.75) is 20.8 Å². The van der Waals surface area contributed by atoms with E-state index in [1.165, 1.54) is 16.0 Å². The van der Waals surface area contributed by atoms with Gasteiger partial charge in [-0.3, -0.25) is 19.5 Å². The monoisotopic (exact) mass is 361 g/mol. The van der Waals surface area contributed by atoms with Crippen molar-refractivity contribution in [2.24, 2.45) is 10.9 Å². The number of hydrogen-bond acceptors (Lipinski definition) is 4. The minimum Gasteiger partial charge on any atom is -0.334 e. The van der Waals surface area contributed by atoms with Gasteiger partial charge in [-0.2, -0.15) is 0 Å². The molecule has 1 aliphatic rings. The number of amides is 2. The van der Waals surface area contributed by atoms with Crippen LogP contribution in [0.5, 0.6) is 0 Å². The van der Waals surface area contributed by atoms with Crippen molar-refractivity contribution in [3.63, 3.8) is 0 Å². The maximum atomic E-state index is 12.8. The largest absolute Gasteiger partial charge is 0.334 e. The van der Waals surface area contributed by atoms with Gasteiger partial charge in [-0.25, -0.2) is 0 Å². The summed E-state index contributed by atoms with van der Waals surface area (Å²) in [6.07, 6.45) is 1.45. The molecular formula is C18H25N4O2S+. The topological polar surface area (TPSA) is 66.2 Å². The predicted octanol–water partition coefficient (Wildman–Crippen LogP) is 0.354. The number of aliphatic imine (C=N–C) groups is 1. The molecule has 2 amide bonds. The lowest BCUT2D eigenvalue weighted by Gasteiger charge is -2.31. The van der Waals surface area contributed by atoms with Gasteiger partial charge in [0, 0.05) is 6.21 Å². The molecule has 2 N–H and O–H groups in total. The number of likely N-dealkylation sites (N-methyl/N-ethyl adjacent to an activating group) is 1. The summed E-state index contributed by atoms with van der Waals surface area (Å²) >= 11 is 5.18.